The first kappa shape index (κ1) is 24.8. The Hall–Kier alpha value is -4.94. The van der Waals surface area contributed by atoms with Gasteiger partial charge in [-0.2, -0.15) is 0 Å². The monoisotopic (exact) mass is 565 g/mol. The molecule has 0 saturated carbocycles. The summed E-state index contributed by atoms with van der Waals surface area (Å²) in [5.41, 5.74) is 9.67. The molecule has 2 aromatic heterocycles. The zero-order valence-electron chi connectivity index (χ0n) is 23.0. The number of H-pyrrole nitrogens is 1. The summed E-state index contributed by atoms with van der Waals surface area (Å²) in [6.07, 6.45) is 3.85. The van der Waals surface area contributed by atoms with Crippen molar-refractivity contribution in [2.24, 2.45) is 4.99 Å². The van der Waals surface area contributed by atoms with Crippen LogP contribution in [0.3, 0.4) is 0 Å². The van der Waals surface area contributed by atoms with Gasteiger partial charge in [0.05, 0.1) is 34.6 Å². The first-order chi connectivity index (χ1) is 20.7. The average molecular weight is 566 g/mol. The summed E-state index contributed by atoms with van der Waals surface area (Å²) in [5, 5.41) is 1.01. The standard InChI is InChI=1S/C36H27N3O2S/c1-41-29-18-10-17-26-28(31(37-33(26)29)23-12-4-2-5-13-23)21-30-35(40)39-34(24-14-6-3-7-15-24)27-20-19-22-11-8-9-16-25(22)32(27)38-36(39)42-30/h2-18,21,34,37H,19-20H2,1H3/b30-21+/t34-/m0/s1. The van der Waals surface area contributed by atoms with E-state index in [0.29, 0.717) is 4.53 Å². The molecule has 4 aromatic carbocycles. The fourth-order valence-electron chi connectivity index (χ4n) is 6.45. The molecule has 1 aliphatic heterocycles. The van der Waals surface area contributed by atoms with Crippen molar-refractivity contribution in [3.05, 3.63) is 151 Å². The van der Waals surface area contributed by atoms with Gasteiger partial charge < -0.3 is 9.72 Å². The zero-order valence-corrected chi connectivity index (χ0v) is 23.8. The summed E-state index contributed by atoms with van der Waals surface area (Å²) in [6.45, 7) is 0. The summed E-state index contributed by atoms with van der Waals surface area (Å²) in [7, 11) is 1.68. The number of nitrogens with zero attached hydrogens (tertiary/aromatic N) is 2. The van der Waals surface area contributed by atoms with Crippen molar-refractivity contribution in [3.63, 3.8) is 0 Å². The SMILES string of the molecule is COc1cccc2c(/C=c3/sc4n(c3=O)[C@@H](c3ccccc3)C3=C(N=4)c4ccccc4CC3)c(-c3ccccc3)[nH]c12. The molecule has 0 radical (unpaired) electrons. The largest absolute Gasteiger partial charge is 0.495 e. The van der Waals surface area contributed by atoms with Gasteiger partial charge in [0.1, 0.15) is 5.75 Å². The molecule has 42 heavy (non-hydrogen) atoms. The van der Waals surface area contributed by atoms with Crippen LogP contribution in [0.2, 0.25) is 0 Å². The van der Waals surface area contributed by atoms with Crippen LogP contribution in [0.25, 0.3) is 33.9 Å². The molecular formula is C36H27N3O2S. The molecule has 6 heteroatoms. The van der Waals surface area contributed by atoms with Crippen LogP contribution < -0.4 is 19.6 Å². The fourth-order valence-corrected chi connectivity index (χ4v) is 7.44. The van der Waals surface area contributed by atoms with Crippen LogP contribution in [0.1, 0.15) is 34.7 Å². The Morgan fingerprint density at radius 1 is 0.905 bits per heavy atom. The first-order valence-electron chi connectivity index (χ1n) is 14.1. The number of aromatic amines is 1. The third-order valence-electron chi connectivity index (χ3n) is 8.38. The lowest BCUT2D eigenvalue weighted by molar-refractivity contribution is 0.419. The van der Waals surface area contributed by atoms with Crippen LogP contribution in [0, 0.1) is 0 Å². The number of para-hydroxylation sites is 1. The van der Waals surface area contributed by atoms with Gasteiger partial charge in [-0.3, -0.25) is 9.36 Å². The zero-order chi connectivity index (χ0) is 28.2. The highest BCUT2D eigenvalue weighted by Gasteiger charge is 2.32. The van der Waals surface area contributed by atoms with Crippen LogP contribution >= 0.6 is 11.3 Å². The highest BCUT2D eigenvalue weighted by atomic mass is 32.1. The summed E-state index contributed by atoms with van der Waals surface area (Å²) in [6, 6.07) is 34.9. The average Bonchev–Trinajstić information content (AvgIpc) is 3.57. The van der Waals surface area contributed by atoms with Gasteiger partial charge in [-0.15, -0.1) is 0 Å². The molecule has 0 spiro atoms. The minimum Gasteiger partial charge on any atom is -0.495 e. The molecule has 204 valence electrons. The molecule has 1 aliphatic carbocycles. The van der Waals surface area contributed by atoms with Crippen LogP contribution in [-0.2, 0) is 6.42 Å². The second kappa shape index (κ2) is 9.86. The molecule has 0 bridgehead atoms. The van der Waals surface area contributed by atoms with E-state index in [9.17, 15) is 4.79 Å². The molecule has 0 saturated heterocycles. The molecule has 8 rings (SSSR count). The van der Waals surface area contributed by atoms with Gasteiger partial charge in [0.15, 0.2) is 4.80 Å². The van der Waals surface area contributed by atoms with E-state index in [2.05, 4.69) is 59.6 Å². The maximum absolute atomic E-state index is 14.4. The minimum atomic E-state index is -0.190. The number of benzene rings is 4. The Labute approximate surface area is 246 Å². The lowest BCUT2D eigenvalue weighted by Crippen LogP contribution is -2.38. The molecule has 5 nitrogen and oxygen atoms in total. The molecule has 0 amide bonds. The van der Waals surface area contributed by atoms with E-state index in [1.54, 1.807) is 7.11 Å². The predicted molar refractivity (Wildman–Crippen MR) is 169 cm³/mol. The molecular weight excluding hydrogens is 538 g/mol. The van der Waals surface area contributed by atoms with Crippen molar-refractivity contribution in [2.45, 2.75) is 18.9 Å². The van der Waals surface area contributed by atoms with Gasteiger partial charge in [-0.05, 0) is 47.2 Å². The molecule has 1 N–H and O–H groups in total. The van der Waals surface area contributed by atoms with Gasteiger partial charge in [0.25, 0.3) is 5.56 Å². The third kappa shape index (κ3) is 3.83. The van der Waals surface area contributed by atoms with Crippen molar-refractivity contribution in [1.82, 2.24) is 9.55 Å². The quantitative estimate of drug-likeness (QED) is 0.266. The Bertz CT molecular complexity index is 2210. The van der Waals surface area contributed by atoms with Crippen LogP contribution in [0.5, 0.6) is 5.75 Å². The smallest absolute Gasteiger partial charge is 0.271 e. The summed E-state index contributed by atoms with van der Waals surface area (Å²) in [5.74, 6) is 0.765. The Morgan fingerprint density at radius 2 is 1.67 bits per heavy atom. The molecule has 0 unspecified atom stereocenters. The number of hydrogen-bond donors (Lipinski definition) is 1. The summed E-state index contributed by atoms with van der Waals surface area (Å²) < 4.78 is 8.26. The van der Waals surface area contributed by atoms with Gasteiger partial charge in [0.2, 0.25) is 0 Å². The predicted octanol–water partition coefficient (Wildman–Crippen LogP) is 6.48. The Balaban J connectivity index is 1.41. The molecule has 6 aromatic rings. The second-order valence-electron chi connectivity index (χ2n) is 10.7. The van der Waals surface area contributed by atoms with Gasteiger partial charge >= 0.3 is 0 Å². The van der Waals surface area contributed by atoms with E-state index in [4.69, 9.17) is 9.73 Å². The van der Waals surface area contributed by atoms with Gasteiger partial charge in [-0.25, -0.2) is 4.99 Å². The maximum Gasteiger partial charge on any atom is 0.271 e. The highest BCUT2D eigenvalue weighted by Crippen LogP contribution is 2.41. The molecule has 1 atom stereocenters. The third-order valence-corrected chi connectivity index (χ3v) is 9.36. The van der Waals surface area contributed by atoms with Crippen molar-refractivity contribution < 1.29 is 4.74 Å². The summed E-state index contributed by atoms with van der Waals surface area (Å²) in [4.78, 5) is 23.9. The van der Waals surface area contributed by atoms with Crippen LogP contribution in [0.4, 0.5) is 0 Å². The van der Waals surface area contributed by atoms with Gasteiger partial charge in [0, 0.05) is 16.5 Å². The second-order valence-corrected chi connectivity index (χ2v) is 11.7. The molecule has 3 heterocycles. The number of allylic oxidation sites excluding steroid dienone is 1. The fraction of sp³-hybridized carbons (Fsp3) is 0.111. The number of nitrogens with one attached hydrogen (secondary N) is 1. The lowest BCUT2D eigenvalue weighted by Gasteiger charge is -2.30. The number of hydrogen-bond acceptors (Lipinski definition) is 4. The van der Waals surface area contributed by atoms with E-state index in [1.807, 2.05) is 59.2 Å². The van der Waals surface area contributed by atoms with Crippen LogP contribution in [-0.4, -0.2) is 16.7 Å². The van der Waals surface area contributed by atoms with E-state index < -0.39 is 0 Å². The topological polar surface area (TPSA) is 59.4 Å². The minimum absolute atomic E-state index is 0.0192. The normalized spacial score (nSPS) is 16.1. The number of thiazole rings is 1. The van der Waals surface area contributed by atoms with Crippen molar-refractivity contribution in [3.8, 4) is 17.0 Å². The Morgan fingerprint density at radius 3 is 2.48 bits per heavy atom. The van der Waals surface area contributed by atoms with Crippen molar-refractivity contribution in [1.29, 1.82) is 0 Å². The number of aromatic nitrogens is 2. The Kier molecular flexibility index (Phi) is 5.83. The molecule has 0 fully saturated rings. The number of methoxy groups -OCH3 is 1. The van der Waals surface area contributed by atoms with E-state index in [1.165, 1.54) is 28.0 Å². The highest BCUT2D eigenvalue weighted by molar-refractivity contribution is 7.07. The lowest BCUT2D eigenvalue weighted by atomic mass is 9.83. The summed E-state index contributed by atoms with van der Waals surface area (Å²) >= 11 is 1.46. The van der Waals surface area contributed by atoms with Crippen molar-refractivity contribution >= 4 is 34.0 Å². The number of rotatable bonds is 4. The van der Waals surface area contributed by atoms with Crippen molar-refractivity contribution in [2.75, 3.05) is 7.11 Å². The number of ether oxygens (including phenoxy) is 1. The number of aryl methyl sites for hydroxylation is 1. The molecule has 2 aliphatic rings. The van der Waals surface area contributed by atoms with E-state index >= 15 is 0 Å². The first-order valence-corrected chi connectivity index (χ1v) is 14.9. The van der Waals surface area contributed by atoms with E-state index in [-0.39, 0.29) is 11.6 Å². The van der Waals surface area contributed by atoms with Crippen LogP contribution in [0.15, 0.2) is 118 Å². The van der Waals surface area contributed by atoms with E-state index in [0.717, 1.165) is 62.4 Å². The number of fused-ring (bicyclic) bond motifs is 4. The maximum atomic E-state index is 14.4. The van der Waals surface area contributed by atoms with Gasteiger partial charge in [-0.1, -0.05) is 108 Å².